The molecule has 6 heteroatoms. The molecule has 31 heavy (non-hydrogen) atoms. The number of esters is 1. The molecule has 0 bridgehead atoms. The largest absolute Gasteiger partial charge is 0.493 e. The van der Waals surface area contributed by atoms with Crippen molar-refractivity contribution in [2.24, 2.45) is 0 Å². The molecule has 3 aromatic rings. The van der Waals surface area contributed by atoms with Crippen molar-refractivity contribution < 1.29 is 19.1 Å². The molecule has 0 atom stereocenters. The third-order valence-electron chi connectivity index (χ3n) is 4.39. The topological polar surface area (TPSA) is 64.6 Å². The van der Waals surface area contributed by atoms with Gasteiger partial charge in [-0.2, -0.15) is 0 Å². The van der Waals surface area contributed by atoms with E-state index in [0.717, 1.165) is 28.9 Å². The first-order valence-electron chi connectivity index (χ1n) is 10.2. The molecule has 1 heterocycles. The summed E-state index contributed by atoms with van der Waals surface area (Å²) in [6, 6.07) is 17.1. The van der Waals surface area contributed by atoms with Crippen LogP contribution < -0.4 is 10.1 Å². The highest BCUT2D eigenvalue weighted by Crippen LogP contribution is 2.36. The van der Waals surface area contributed by atoms with Crippen LogP contribution in [0.2, 0.25) is 0 Å². The predicted octanol–water partition coefficient (Wildman–Crippen LogP) is 6.03. The number of ether oxygens (including phenoxy) is 2. The second-order valence-electron chi connectivity index (χ2n) is 6.65. The maximum absolute atomic E-state index is 12.6. The Bertz CT molecular complexity index is 1060. The Morgan fingerprint density at radius 1 is 1.03 bits per heavy atom. The minimum Gasteiger partial charge on any atom is -0.493 e. The number of carbonyl (C=O) groups is 2. The van der Waals surface area contributed by atoms with E-state index in [4.69, 9.17) is 9.47 Å². The molecule has 0 unspecified atom stereocenters. The molecule has 5 nitrogen and oxygen atoms in total. The van der Waals surface area contributed by atoms with Crippen molar-refractivity contribution in [2.45, 2.75) is 20.3 Å². The highest BCUT2D eigenvalue weighted by atomic mass is 32.1. The molecule has 1 aromatic heterocycles. The average Bonchev–Trinajstić information content (AvgIpc) is 3.21. The number of thiophene rings is 1. The van der Waals surface area contributed by atoms with Gasteiger partial charge in [-0.15, -0.1) is 11.3 Å². The van der Waals surface area contributed by atoms with E-state index < -0.39 is 5.97 Å². The van der Waals surface area contributed by atoms with Gasteiger partial charge in [-0.3, -0.25) is 4.79 Å². The second-order valence-corrected chi connectivity index (χ2v) is 7.53. The van der Waals surface area contributed by atoms with Gasteiger partial charge in [-0.1, -0.05) is 55.5 Å². The summed E-state index contributed by atoms with van der Waals surface area (Å²) in [7, 11) is 0. The van der Waals surface area contributed by atoms with Crippen LogP contribution in [0.5, 0.6) is 5.75 Å². The van der Waals surface area contributed by atoms with E-state index in [1.165, 1.54) is 17.4 Å². The molecule has 3 rings (SSSR count). The fraction of sp³-hybridized carbons (Fsp3) is 0.200. The van der Waals surface area contributed by atoms with Gasteiger partial charge >= 0.3 is 5.97 Å². The standard InChI is InChI=1S/C25H25NO4S/c1-3-16-30-21-13-9-8-12-19(21)14-15-22(27)26-24-23(25(28)29-4-2)20(17-31-24)18-10-6-5-7-11-18/h5-15,17H,3-4,16H2,1-2H3,(H,26,27)/b15-14+. The van der Waals surface area contributed by atoms with Crippen LogP contribution in [0.25, 0.3) is 17.2 Å². The van der Waals surface area contributed by atoms with Gasteiger partial charge in [0, 0.05) is 22.6 Å². The van der Waals surface area contributed by atoms with Gasteiger partial charge in [0.2, 0.25) is 5.91 Å². The average molecular weight is 436 g/mol. The Labute approximate surface area is 186 Å². The molecule has 1 amide bonds. The SMILES string of the molecule is CCCOc1ccccc1/C=C/C(=O)Nc1scc(-c2ccccc2)c1C(=O)OCC. The van der Waals surface area contributed by atoms with Crippen molar-refractivity contribution in [3.8, 4) is 16.9 Å². The Kier molecular flexibility index (Phi) is 8.01. The number of nitrogens with one attached hydrogen (secondary N) is 1. The zero-order chi connectivity index (χ0) is 22.1. The van der Waals surface area contributed by atoms with Crippen molar-refractivity contribution in [3.63, 3.8) is 0 Å². The molecule has 0 spiro atoms. The van der Waals surface area contributed by atoms with Crippen molar-refractivity contribution in [3.05, 3.63) is 77.2 Å². The maximum Gasteiger partial charge on any atom is 0.341 e. The Morgan fingerprint density at radius 2 is 1.77 bits per heavy atom. The second kappa shape index (κ2) is 11.1. The summed E-state index contributed by atoms with van der Waals surface area (Å²) in [5.41, 5.74) is 2.81. The lowest BCUT2D eigenvalue weighted by atomic mass is 10.0. The molecule has 2 aromatic carbocycles. The number of benzene rings is 2. The summed E-state index contributed by atoms with van der Waals surface area (Å²) in [5, 5.41) is 5.14. The quantitative estimate of drug-likeness (QED) is 0.329. The molecular weight excluding hydrogens is 410 g/mol. The van der Waals surface area contributed by atoms with Crippen LogP contribution >= 0.6 is 11.3 Å². The smallest absolute Gasteiger partial charge is 0.341 e. The molecule has 160 valence electrons. The van der Waals surface area contributed by atoms with Gasteiger partial charge in [-0.05, 0) is 31.1 Å². The summed E-state index contributed by atoms with van der Waals surface area (Å²) in [4.78, 5) is 25.2. The molecule has 0 aliphatic rings. The monoisotopic (exact) mass is 435 g/mol. The summed E-state index contributed by atoms with van der Waals surface area (Å²) in [5.74, 6) is -0.0689. The van der Waals surface area contributed by atoms with Gasteiger partial charge in [0.1, 0.15) is 16.3 Å². The van der Waals surface area contributed by atoms with Crippen LogP contribution in [0, 0.1) is 0 Å². The van der Waals surface area contributed by atoms with Crippen LogP contribution in [0.4, 0.5) is 5.00 Å². The number of hydrogen-bond donors (Lipinski definition) is 1. The summed E-state index contributed by atoms with van der Waals surface area (Å²) in [6.07, 6.45) is 4.04. The first-order valence-corrected chi connectivity index (χ1v) is 11.1. The van der Waals surface area contributed by atoms with Crippen molar-refractivity contribution >= 4 is 34.3 Å². The number of hydrogen-bond acceptors (Lipinski definition) is 5. The van der Waals surface area contributed by atoms with Gasteiger partial charge in [0.25, 0.3) is 0 Å². The maximum atomic E-state index is 12.6. The van der Waals surface area contributed by atoms with Crippen LogP contribution in [-0.4, -0.2) is 25.1 Å². The van der Waals surface area contributed by atoms with Crippen molar-refractivity contribution in [2.75, 3.05) is 18.5 Å². The number of carbonyl (C=O) groups excluding carboxylic acids is 2. The predicted molar refractivity (Wildman–Crippen MR) is 126 cm³/mol. The molecule has 0 fully saturated rings. The fourth-order valence-corrected chi connectivity index (χ4v) is 3.93. The first kappa shape index (κ1) is 22.3. The van der Waals surface area contributed by atoms with E-state index in [1.807, 2.05) is 66.9 Å². The van der Waals surface area contributed by atoms with E-state index in [0.29, 0.717) is 17.2 Å². The number of para-hydroxylation sites is 1. The minimum atomic E-state index is -0.458. The van der Waals surface area contributed by atoms with E-state index in [9.17, 15) is 9.59 Å². The number of rotatable bonds is 9. The lowest BCUT2D eigenvalue weighted by Crippen LogP contribution is -2.12. The first-order chi connectivity index (χ1) is 15.1. The van der Waals surface area contributed by atoms with Gasteiger partial charge < -0.3 is 14.8 Å². The lowest BCUT2D eigenvalue weighted by Gasteiger charge is -2.08. The van der Waals surface area contributed by atoms with Crippen LogP contribution in [-0.2, 0) is 9.53 Å². The molecule has 0 saturated carbocycles. The van der Waals surface area contributed by atoms with Crippen LogP contribution in [0.15, 0.2) is 66.1 Å². The normalized spacial score (nSPS) is 10.8. The lowest BCUT2D eigenvalue weighted by molar-refractivity contribution is -0.111. The number of anilines is 1. The Balaban J connectivity index is 1.82. The highest BCUT2D eigenvalue weighted by Gasteiger charge is 2.22. The van der Waals surface area contributed by atoms with Crippen LogP contribution in [0.1, 0.15) is 36.2 Å². The highest BCUT2D eigenvalue weighted by molar-refractivity contribution is 7.15. The van der Waals surface area contributed by atoms with E-state index in [1.54, 1.807) is 13.0 Å². The molecular formula is C25H25NO4S. The van der Waals surface area contributed by atoms with Crippen LogP contribution in [0.3, 0.4) is 0 Å². The molecule has 1 N–H and O–H groups in total. The summed E-state index contributed by atoms with van der Waals surface area (Å²) < 4.78 is 11.0. The van der Waals surface area contributed by atoms with Crippen molar-refractivity contribution in [1.29, 1.82) is 0 Å². The summed E-state index contributed by atoms with van der Waals surface area (Å²) >= 11 is 1.30. The zero-order valence-corrected chi connectivity index (χ0v) is 18.4. The third-order valence-corrected chi connectivity index (χ3v) is 5.28. The summed E-state index contributed by atoms with van der Waals surface area (Å²) in [6.45, 7) is 4.66. The molecule has 0 saturated heterocycles. The Morgan fingerprint density at radius 3 is 2.52 bits per heavy atom. The molecule has 0 radical (unpaired) electrons. The number of amides is 1. The van der Waals surface area contributed by atoms with E-state index >= 15 is 0 Å². The Hall–Kier alpha value is -3.38. The molecule has 0 aliphatic carbocycles. The fourth-order valence-electron chi connectivity index (χ4n) is 2.97. The molecule has 0 aliphatic heterocycles. The van der Waals surface area contributed by atoms with Gasteiger partial charge in [0.15, 0.2) is 0 Å². The minimum absolute atomic E-state index is 0.255. The van der Waals surface area contributed by atoms with Crippen molar-refractivity contribution in [1.82, 2.24) is 0 Å². The van der Waals surface area contributed by atoms with Gasteiger partial charge in [-0.25, -0.2) is 4.79 Å². The van der Waals surface area contributed by atoms with Gasteiger partial charge in [0.05, 0.1) is 13.2 Å². The third kappa shape index (κ3) is 5.83. The zero-order valence-electron chi connectivity index (χ0n) is 17.6. The van der Waals surface area contributed by atoms with E-state index in [-0.39, 0.29) is 12.5 Å². The van der Waals surface area contributed by atoms with E-state index in [2.05, 4.69) is 5.32 Å².